The van der Waals surface area contributed by atoms with Gasteiger partial charge in [-0.05, 0) is 37.5 Å². The maximum absolute atomic E-state index is 13.5. The summed E-state index contributed by atoms with van der Waals surface area (Å²) in [5, 5.41) is 14.0. The van der Waals surface area contributed by atoms with Crippen molar-refractivity contribution in [3.8, 4) is 0 Å². The molecule has 132 valence electrons. The minimum atomic E-state index is -0.375. The zero-order chi connectivity index (χ0) is 17.6. The second kappa shape index (κ2) is 7.92. The number of hydrogen-bond donors (Lipinski definition) is 2. The summed E-state index contributed by atoms with van der Waals surface area (Å²) >= 11 is 0. The molecule has 0 unspecified atom stereocenters. The van der Waals surface area contributed by atoms with E-state index in [4.69, 9.17) is 0 Å². The second-order valence-corrected chi connectivity index (χ2v) is 6.14. The molecule has 1 fully saturated rings. The van der Waals surface area contributed by atoms with Crippen LogP contribution < -0.4 is 15.5 Å². The van der Waals surface area contributed by atoms with Gasteiger partial charge >= 0.3 is 0 Å². The van der Waals surface area contributed by atoms with Crippen molar-refractivity contribution in [2.24, 2.45) is 0 Å². The Morgan fingerprint density at radius 2 is 2.04 bits per heavy atom. The van der Waals surface area contributed by atoms with Crippen molar-refractivity contribution >= 4 is 17.4 Å². The van der Waals surface area contributed by atoms with Gasteiger partial charge in [-0.15, -0.1) is 5.10 Å². The Labute approximate surface area is 146 Å². The molecule has 25 heavy (non-hydrogen) atoms. The van der Waals surface area contributed by atoms with Gasteiger partial charge in [-0.2, -0.15) is 5.10 Å². The Balaban J connectivity index is 1.47. The number of aryl methyl sites for hydroxylation is 1. The Morgan fingerprint density at radius 3 is 2.80 bits per heavy atom. The van der Waals surface area contributed by atoms with E-state index in [2.05, 4.69) is 25.7 Å². The first-order valence-electron chi connectivity index (χ1n) is 8.49. The molecule has 0 spiro atoms. The van der Waals surface area contributed by atoms with E-state index in [0.717, 1.165) is 18.8 Å². The van der Waals surface area contributed by atoms with Crippen molar-refractivity contribution in [3.05, 3.63) is 47.4 Å². The van der Waals surface area contributed by atoms with E-state index in [0.29, 0.717) is 30.0 Å². The molecule has 1 amide bonds. The standard InChI is InChI=1S/C18H22FN5O/c1-13-4-5-14(10-16(13)19)18(25)21-7-6-20-17-11-15(12-22-23-17)24-8-2-3-9-24/h4-5,10-12H,2-3,6-9H2,1H3,(H,20,23)(H,21,25). The van der Waals surface area contributed by atoms with E-state index in [9.17, 15) is 9.18 Å². The molecule has 2 aromatic rings. The van der Waals surface area contributed by atoms with Crippen LogP contribution in [-0.4, -0.2) is 42.3 Å². The van der Waals surface area contributed by atoms with Crippen LogP contribution in [0.25, 0.3) is 0 Å². The SMILES string of the molecule is Cc1ccc(C(=O)NCCNc2cc(N3CCCC3)cnn2)cc1F. The molecule has 0 radical (unpaired) electrons. The number of carbonyl (C=O) groups excluding carboxylic acids is 1. The molecule has 2 heterocycles. The van der Waals surface area contributed by atoms with Crippen LogP contribution in [0, 0.1) is 12.7 Å². The van der Waals surface area contributed by atoms with Crippen molar-refractivity contribution in [2.75, 3.05) is 36.4 Å². The number of aromatic nitrogens is 2. The number of hydrogen-bond acceptors (Lipinski definition) is 5. The second-order valence-electron chi connectivity index (χ2n) is 6.14. The van der Waals surface area contributed by atoms with Gasteiger partial charge in [-0.3, -0.25) is 4.79 Å². The number of nitrogens with one attached hydrogen (secondary N) is 2. The summed E-state index contributed by atoms with van der Waals surface area (Å²) in [5.41, 5.74) is 1.91. The van der Waals surface area contributed by atoms with Gasteiger partial charge in [0.25, 0.3) is 5.91 Å². The molecule has 1 aliphatic heterocycles. The molecule has 7 heteroatoms. The number of nitrogens with zero attached hydrogens (tertiary/aromatic N) is 3. The predicted molar refractivity (Wildman–Crippen MR) is 95.4 cm³/mol. The summed E-state index contributed by atoms with van der Waals surface area (Å²) in [5.74, 6) is 0.0115. The molecule has 6 nitrogen and oxygen atoms in total. The Morgan fingerprint density at radius 1 is 1.24 bits per heavy atom. The lowest BCUT2D eigenvalue weighted by Gasteiger charge is -2.17. The summed E-state index contributed by atoms with van der Waals surface area (Å²) in [7, 11) is 0. The molecule has 3 rings (SSSR count). The number of benzene rings is 1. The number of carbonyl (C=O) groups is 1. The normalized spacial score (nSPS) is 13.8. The van der Waals surface area contributed by atoms with Crippen LogP contribution in [0.3, 0.4) is 0 Å². The maximum Gasteiger partial charge on any atom is 0.251 e. The predicted octanol–water partition coefficient (Wildman–Crippen LogP) is 2.37. The summed E-state index contributed by atoms with van der Waals surface area (Å²) in [6, 6.07) is 6.44. The highest BCUT2D eigenvalue weighted by Gasteiger charge is 2.13. The largest absolute Gasteiger partial charge is 0.370 e. The van der Waals surface area contributed by atoms with Crippen molar-refractivity contribution in [1.82, 2.24) is 15.5 Å². The summed E-state index contributed by atoms with van der Waals surface area (Å²) in [6.45, 7) is 4.68. The van der Waals surface area contributed by atoms with Gasteiger partial charge in [0.1, 0.15) is 5.82 Å². The zero-order valence-corrected chi connectivity index (χ0v) is 14.3. The molecular formula is C18H22FN5O. The van der Waals surface area contributed by atoms with Gasteiger partial charge < -0.3 is 15.5 Å². The summed E-state index contributed by atoms with van der Waals surface area (Å²) < 4.78 is 13.5. The van der Waals surface area contributed by atoms with Gasteiger partial charge in [0.15, 0.2) is 5.82 Å². The third-order valence-electron chi connectivity index (χ3n) is 4.26. The van der Waals surface area contributed by atoms with Crippen molar-refractivity contribution in [2.45, 2.75) is 19.8 Å². The van der Waals surface area contributed by atoms with Crippen LogP contribution in [-0.2, 0) is 0 Å². The highest BCUT2D eigenvalue weighted by molar-refractivity contribution is 5.94. The van der Waals surface area contributed by atoms with Crippen LogP contribution in [0.1, 0.15) is 28.8 Å². The number of amides is 1. The molecular weight excluding hydrogens is 321 g/mol. The lowest BCUT2D eigenvalue weighted by atomic mass is 10.1. The number of anilines is 2. The average Bonchev–Trinajstić information content (AvgIpc) is 3.16. The van der Waals surface area contributed by atoms with Crippen LogP contribution >= 0.6 is 0 Å². The van der Waals surface area contributed by atoms with Gasteiger partial charge in [-0.1, -0.05) is 6.07 Å². The first kappa shape index (κ1) is 17.1. The lowest BCUT2D eigenvalue weighted by Crippen LogP contribution is -2.29. The van der Waals surface area contributed by atoms with E-state index in [1.165, 1.54) is 18.9 Å². The van der Waals surface area contributed by atoms with Crippen LogP contribution in [0.15, 0.2) is 30.5 Å². The van der Waals surface area contributed by atoms with E-state index in [1.54, 1.807) is 25.3 Å². The van der Waals surface area contributed by atoms with Crippen LogP contribution in [0.4, 0.5) is 15.9 Å². The summed E-state index contributed by atoms with van der Waals surface area (Å²) in [4.78, 5) is 14.3. The zero-order valence-electron chi connectivity index (χ0n) is 14.3. The lowest BCUT2D eigenvalue weighted by molar-refractivity contribution is 0.0954. The monoisotopic (exact) mass is 343 g/mol. The Hall–Kier alpha value is -2.70. The Bertz CT molecular complexity index is 746. The fourth-order valence-corrected chi connectivity index (χ4v) is 2.79. The third-order valence-corrected chi connectivity index (χ3v) is 4.26. The van der Waals surface area contributed by atoms with E-state index >= 15 is 0 Å². The van der Waals surface area contributed by atoms with E-state index in [1.807, 2.05) is 6.07 Å². The third kappa shape index (κ3) is 4.43. The number of halogens is 1. The quantitative estimate of drug-likeness (QED) is 0.788. The molecule has 0 saturated carbocycles. The van der Waals surface area contributed by atoms with Crippen molar-refractivity contribution in [1.29, 1.82) is 0 Å². The Kier molecular flexibility index (Phi) is 5.42. The van der Waals surface area contributed by atoms with E-state index in [-0.39, 0.29) is 11.7 Å². The van der Waals surface area contributed by atoms with Crippen molar-refractivity contribution in [3.63, 3.8) is 0 Å². The van der Waals surface area contributed by atoms with Gasteiger partial charge in [0, 0.05) is 37.8 Å². The molecule has 2 N–H and O–H groups in total. The first-order valence-corrected chi connectivity index (χ1v) is 8.49. The smallest absolute Gasteiger partial charge is 0.251 e. The van der Waals surface area contributed by atoms with Crippen LogP contribution in [0.2, 0.25) is 0 Å². The molecule has 1 aromatic carbocycles. The first-order chi connectivity index (χ1) is 12.1. The molecule has 0 atom stereocenters. The van der Waals surface area contributed by atoms with E-state index < -0.39 is 0 Å². The molecule has 1 aromatic heterocycles. The van der Waals surface area contributed by atoms with Crippen LogP contribution in [0.5, 0.6) is 0 Å². The molecule has 1 saturated heterocycles. The van der Waals surface area contributed by atoms with Gasteiger partial charge in [0.2, 0.25) is 0 Å². The fourth-order valence-electron chi connectivity index (χ4n) is 2.79. The fraction of sp³-hybridized carbons (Fsp3) is 0.389. The minimum Gasteiger partial charge on any atom is -0.370 e. The minimum absolute atomic E-state index is 0.294. The van der Waals surface area contributed by atoms with Gasteiger partial charge in [-0.25, -0.2) is 4.39 Å². The highest BCUT2D eigenvalue weighted by atomic mass is 19.1. The molecule has 0 bridgehead atoms. The molecule has 1 aliphatic rings. The maximum atomic E-state index is 13.5. The topological polar surface area (TPSA) is 70.2 Å². The van der Waals surface area contributed by atoms with Gasteiger partial charge in [0.05, 0.1) is 11.9 Å². The average molecular weight is 343 g/mol. The molecule has 0 aliphatic carbocycles. The van der Waals surface area contributed by atoms with Crippen molar-refractivity contribution < 1.29 is 9.18 Å². The highest BCUT2D eigenvalue weighted by Crippen LogP contribution is 2.20. The summed E-state index contributed by atoms with van der Waals surface area (Å²) in [6.07, 6.45) is 4.18. The number of rotatable bonds is 6.